The number of amides is 7. The fourth-order valence-electron chi connectivity index (χ4n) is 7.13. The molecule has 0 aliphatic carbocycles. The Morgan fingerprint density at radius 1 is 0.563 bits per heavy atom. The Kier molecular flexibility index (Phi) is 22.8. The number of benzene rings is 3. The van der Waals surface area contributed by atoms with Gasteiger partial charge in [-0.15, -0.1) is 36.8 Å². The molecule has 17 nitrogen and oxygen atoms in total. The van der Waals surface area contributed by atoms with E-state index in [1.165, 1.54) is 26.0 Å². The van der Waals surface area contributed by atoms with Crippen LogP contribution >= 0.6 is 0 Å². The van der Waals surface area contributed by atoms with Gasteiger partial charge in [-0.1, -0.05) is 103 Å². The van der Waals surface area contributed by atoms with Gasteiger partial charge in [-0.2, -0.15) is 0 Å². The Labute approximate surface area is 416 Å². The number of ether oxygens (including phenoxy) is 2. The van der Waals surface area contributed by atoms with Crippen LogP contribution in [-0.4, -0.2) is 96.5 Å². The van der Waals surface area contributed by atoms with Crippen LogP contribution in [-0.2, 0) is 48.6 Å². The van der Waals surface area contributed by atoms with E-state index in [4.69, 9.17) is 9.47 Å². The average molecular weight is 972 g/mol. The fraction of sp³-hybridized carbons (Fsp3) is 0.370. The van der Waals surface area contributed by atoms with Crippen molar-refractivity contribution < 1.29 is 47.8 Å². The van der Waals surface area contributed by atoms with Gasteiger partial charge in [-0.25, -0.2) is 9.59 Å². The van der Waals surface area contributed by atoms with Crippen molar-refractivity contribution in [2.24, 2.45) is 0 Å². The summed E-state index contributed by atoms with van der Waals surface area (Å²) < 4.78 is 10.2. The average Bonchev–Trinajstić information content (AvgIpc) is 3.34. The minimum atomic E-state index is -1.66. The lowest BCUT2D eigenvalue weighted by Gasteiger charge is -2.37. The zero-order valence-electron chi connectivity index (χ0n) is 41.3. The molecule has 7 amide bonds. The van der Waals surface area contributed by atoms with E-state index >= 15 is 0 Å². The summed E-state index contributed by atoms with van der Waals surface area (Å²) in [4.78, 5) is 109. The van der Waals surface area contributed by atoms with Crippen molar-refractivity contribution in [2.75, 3.05) is 7.11 Å². The fourth-order valence-corrected chi connectivity index (χ4v) is 7.13. The van der Waals surface area contributed by atoms with Gasteiger partial charge in [0, 0.05) is 12.8 Å². The van der Waals surface area contributed by atoms with Crippen molar-refractivity contribution in [3.63, 3.8) is 0 Å². The molecule has 6 atom stereocenters. The van der Waals surface area contributed by atoms with Crippen LogP contribution < -0.4 is 37.2 Å². The van der Waals surface area contributed by atoms with Crippen molar-refractivity contribution in [3.8, 4) is 23.7 Å². The van der Waals surface area contributed by atoms with Crippen LogP contribution in [0.1, 0.15) is 90.3 Å². The molecule has 0 bridgehead atoms. The van der Waals surface area contributed by atoms with Crippen LogP contribution in [0.3, 0.4) is 0 Å². The Balaban J connectivity index is 1.96. The van der Waals surface area contributed by atoms with Crippen LogP contribution in [0, 0.1) is 23.7 Å². The highest BCUT2D eigenvalue weighted by atomic mass is 16.6. The van der Waals surface area contributed by atoms with Crippen molar-refractivity contribution in [2.45, 2.75) is 121 Å². The van der Waals surface area contributed by atoms with Gasteiger partial charge in [-0.3, -0.25) is 28.8 Å². The zero-order valence-corrected chi connectivity index (χ0v) is 41.3. The van der Waals surface area contributed by atoms with Gasteiger partial charge in [0.15, 0.2) is 0 Å². The van der Waals surface area contributed by atoms with Gasteiger partial charge < -0.3 is 46.7 Å². The molecular weight excluding hydrogens is 907 g/mol. The van der Waals surface area contributed by atoms with Crippen LogP contribution in [0.2, 0.25) is 0 Å². The molecule has 7 N–H and O–H groups in total. The number of carbonyl (C=O) groups excluding carboxylic acids is 8. The summed E-state index contributed by atoms with van der Waals surface area (Å²) >= 11 is 0. The Bertz CT molecular complexity index is 2370. The van der Waals surface area contributed by atoms with Crippen LogP contribution in [0.25, 0.3) is 0 Å². The molecular formula is C54H65N7O10. The van der Waals surface area contributed by atoms with Gasteiger partial charge in [-0.05, 0) is 71.1 Å². The molecule has 0 aliphatic heterocycles. The van der Waals surface area contributed by atoms with E-state index < -0.39 is 101 Å². The molecule has 0 fully saturated rings. The van der Waals surface area contributed by atoms with Crippen LogP contribution in [0.5, 0.6) is 0 Å². The maximum Gasteiger partial charge on any atom is 0.408 e. The molecule has 0 aromatic heterocycles. The minimum absolute atomic E-state index is 0.00568. The molecule has 376 valence electrons. The Morgan fingerprint density at radius 3 is 1.41 bits per heavy atom. The predicted octanol–water partition coefficient (Wildman–Crippen LogP) is 3.97. The lowest BCUT2D eigenvalue weighted by molar-refractivity contribution is -0.145. The van der Waals surface area contributed by atoms with Crippen LogP contribution in [0.4, 0.5) is 4.79 Å². The number of hydrogen-bond donors (Lipinski definition) is 7. The predicted molar refractivity (Wildman–Crippen MR) is 268 cm³/mol. The largest absolute Gasteiger partial charge is 0.467 e. The Morgan fingerprint density at radius 2 is 0.958 bits per heavy atom. The number of methoxy groups -OCH3 is 1. The summed E-state index contributed by atoms with van der Waals surface area (Å²) in [6.07, 6.45) is 0.687. The lowest BCUT2D eigenvalue weighted by Crippen LogP contribution is -2.59. The Hall–Kier alpha value is -8.18. The van der Waals surface area contributed by atoms with Gasteiger partial charge in [0.05, 0.1) is 13.5 Å². The number of rotatable bonds is 24. The normalized spacial score (nSPS) is 13.3. The third-order valence-corrected chi connectivity index (χ3v) is 10.6. The molecule has 0 spiro atoms. The summed E-state index contributed by atoms with van der Waals surface area (Å²) in [5.74, 6) is 5.04. The second kappa shape index (κ2) is 28.3. The highest BCUT2D eigenvalue weighted by Gasteiger charge is 2.40. The van der Waals surface area contributed by atoms with Crippen molar-refractivity contribution in [1.82, 2.24) is 37.2 Å². The van der Waals surface area contributed by atoms with E-state index in [0.717, 1.165) is 7.11 Å². The summed E-state index contributed by atoms with van der Waals surface area (Å²) in [5.41, 5.74) is -0.0875. The third kappa shape index (κ3) is 17.7. The summed E-state index contributed by atoms with van der Waals surface area (Å²) in [5, 5.41) is 18.5. The smallest absolute Gasteiger partial charge is 0.408 e. The summed E-state index contributed by atoms with van der Waals surface area (Å²) in [6.45, 7) is 16.8. The van der Waals surface area contributed by atoms with Gasteiger partial charge in [0.1, 0.15) is 47.4 Å². The topological polar surface area (TPSA) is 239 Å². The molecule has 17 heteroatoms. The van der Waals surface area contributed by atoms with Gasteiger partial charge >= 0.3 is 12.1 Å². The van der Waals surface area contributed by atoms with E-state index in [1.54, 1.807) is 27.7 Å². The number of carbonyl (C=O) groups is 8. The molecule has 71 heavy (non-hydrogen) atoms. The van der Waals surface area contributed by atoms with E-state index in [2.05, 4.69) is 74.1 Å². The first kappa shape index (κ1) is 57.1. The van der Waals surface area contributed by atoms with E-state index in [-0.39, 0.29) is 25.7 Å². The molecule has 0 heterocycles. The monoisotopic (exact) mass is 971 g/mol. The molecule has 0 aliphatic rings. The maximum atomic E-state index is 14.6. The van der Waals surface area contributed by atoms with Crippen molar-refractivity contribution in [3.05, 3.63) is 133 Å². The summed E-state index contributed by atoms with van der Waals surface area (Å²) in [7, 11) is 1.14. The zero-order chi connectivity index (χ0) is 52.6. The van der Waals surface area contributed by atoms with Gasteiger partial charge in [0.2, 0.25) is 35.4 Å². The van der Waals surface area contributed by atoms with Gasteiger partial charge in [0.25, 0.3) is 0 Å². The molecule has 0 saturated heterocycles. The minimum Gasteiger partial charge on any atom is -0.467 e. The summed E-state index contributed by atoms with van der Waals surface area (Å²) in [6, 6.07) is 19.5. The number of nitrogens with one attached hydrogen (secondary N) is 7. The van der Waals surface area contributed by atoms with Crippen molar-refractivity contribution in [1.29, 1.82) is 0 Å². The quantitative estimate of drug-likeness (QED) is 0.0295. The third-order valence-electron chi connectivity index (χ3n) is 10.6. The van der Waals surface area contributed by atoms with E-state index in [1.807, 2.05) is 91.0 Å². The highest BCUT2D eigenvalue weighted by Crippen LogP contribution is 2.37. The first-order valence-corrected chi connectivity index (χ1v) is 22.9. The first-order chi connectivity index (χ1) is 33.8. The van der Waals surface area contributed by atoms with E-state index in [0.29, 0.717) is 16.7 Å². The molecule has 3 aromatic carbocycles. The second-order valence-electron chi connectivity index (χ2n) is 17.1. The number of hydrogen-bond acceptors (Lipinski definition) is 10. The highest BCUT2D eigenvalue weighted by molar-refractivity contribution is 5.98. The lowest BCUT2D eigenvalue weighted by atomic mass is 9.77. The SMILES string of the molecule is C=CC[C@H](NC(=O)OC(C)(C)C)C(=O)N[C@@H](C)C(=O)N[C@@H](CC#CC)C(=O)N[C@@H](CC=C)C(=O)N[C@@H](CC(=O)NC(c1ccccc1)(c1ccccc1)c1ccccc1)C(=O)N[C@@H](CC#CC)C(=O)OC. The number of alkyl carbamates (subject to hydrolysis) is 1. The first-order valence-electron chi connectivity index (χ1n) is 22.9. The maximum absolute atomic E-state index is 14.6. The van der Waals surface area contributed by atoms with Crippen molar-refractivity contribution >= 4 is 47.5 Å². The molecule has 3 aromatic rings. The van der Waals surface area contributed by atoms with Crippen LogP contribution in [0.15, 0.2) is 116 Å². The number of esters is 1. The standard InChI is InChI=1S/C54H65N7O10/c1-10-14-33-42(56-46(63)36(5)55-47(64)41(26-13-4)60-52(69)71-53(6,7)8)49(66)57-40(25-12-3)48(65)59-44(50(67)58-43(34-15-11-2)51(68)70-9)35-45(62)61-54(37-27-19-16-20-28-37,38-29-21-17-22-30-38)39-31-23-18-24-32-39/h12-13,16-24,27-32,36,40-44H,3-4,25-26,33-35H2,1-2,5-9H3,(H,55,64)(H,56,63)(H,57,66)(H,58,67)(H,59,65)(H,60,69)(H,61,62)/t36-,40-,41-,42-,43-,44-/m0/s1. The second-order valence-corrected chi connectivity index (χ2v) is 17.1. The molecule has 0 radical (unpaired) electrons. The molecule has 3 rings (SSSR count). The molecule has 0 unspecified atom stereocenters. The van der Waals surface area contributed by atoms with E-state index in [9.17, 15) is 38.4 Å². The molecule has 0 saturated carbocycles.